The van der Waals surface area contributed by atoms with Gasteiger partial charge in [0, 0.05) is 33.3 Å². The molecule has 5 heteroatoms. The largest absolute Gasteiger partial charge is 1.00 e. The van der Waals surface area contributed by atoms with Crippen LogP contribution in [0.1, 0.15) is 15.3 Å². The summed E-state index contributed by atoms with van der Waals surface area (Å²) in [6.07, 6.45) is 0. The third-order valence-electron chi connectivity index (χ3n) is 0.287. The Kier molecular flexibility index (Phi) is 15.0. The first kappa shape index (κ1) is 16.2. The Labute approximate surface area is 79.9 Å². The molecule has 0 rings (SSSR count). The first-order valence-electron chi connectivity index (χ1n) is 1.82. The predicted molar refractivity (Wildman–Crippen MR) is 23.6 cm³/mol. The van der Waals surface area contributed by atoms with Crippen molar-refractivity contribution in [2.45, 2.75) is 13.8 Å². The minimum absolute atomic E-state index is 0. The number of carbonyl (C=O) groups excluding carboxylic acids is 2. The van der Waals surface area contributed by atoms with Crippen LogP contribution in [0, 0.1) is 0 Å². The van der Waals surface area contributed by atoms with Crippen molar-refractivity contribution in [1.29, 1.82) is 0 Å². The van der Waals surface area contributed by atoms with Crippen LogP contribution in [-0.4, -0.2) is 11.9 Å². The molecule has 0 atom stereocenters. The Morgan fingerprint density at radius 3 is 1.44 bits per heavy atom. The van der Waals surface area contributed by atoms with Crippen LogP contribution in [0.25, 0.3) is 0 Å². The summed E-state index contributed by atoms with van der Waals surface area (Å²) >= 11 is 0. The average molecular weight is 213 g/mol. The van der Waals surface area contributed by atoms with Crippen molar-refractivity contribution >= 4 is 11.9 Å². The smallest absolute Gasteiger partial charge is 1.00 e. The summed E-state index contributed by atoms with van der Waals surface area (Å²) in [6, 6.07) is 0. The van der Waals surface area contributed by atoms with E-state index in [1.165, 1.54) is 13.8 Å². The van der Waals surface area contributed by atoms with Gasteiger partial charge >= 0.3 is 30.8 Å². The fraction of sp³-hybridized carbons (Fsp3) is 0.500. The van der Waals surface area contributed by atoms with Gasteiger partial charge < -0.3 is 6.16 Å². The summed E-state index contributed by atoms with van der Waals surface area (Å²) < 4.78 is 3.97. The summed E-state index contributed by atoms with van der Waals surface area (Å²) in [6.45, 7) is 2.36. The standard InChI is InChI=1S/C4H6O3.Li.Rh.H/c1-3(5)7-4(2)6;;;/h1-2H3;;;/q;+1;;-1. The Hall–Kier alpha value is 0.361. The SMILES string of the molecule is CC(=O)OC(C)=O.[H-].[Li+].[Rh]. The normalized spacial score (nSPS) is 6.00. The Bertz CT molecular complexity index is 96.7. The Morgan fingerprint density at radius 1 is 1.22 bits per heavy atom. The number of ether oxygens (including phenoxy) is 1. The van der Waals surface area contributed by atoms with Crippen LogP contribution < -0.4 is 18.9 Å². The first-order valence-corrected chi connectivity index (χ1v) is 1.82. The van der Waals surface area contributed by atoms with Gasteiger partial charge in [-0.05, 0) is 0 Å². The van der Waals surface area contributed by atoms with Gasteiger partial charge in [-0.25, -0.2) is 0 Å². The van der Waals surface area contributed by atoms with E-state index < -0.39 is 11.9 Å². The second-order valence-electron chi connectivity index (χ2n) is 1.09. The molecule has 1 radical (unpaired) electrons. The van der Waals surface area contributed by atoms with Gasteiger partial charge in [0.25, 0.3) is 0 Å². The molecule has 0 fully saturated rings. The maximum absolute atomic E-state index is 9.81. The molecule has 0 spiro atoms. The molecule has 0 aromatic heterocycles. The second-order valence-corrected chi connectivity index (χ2v) is 1.09. The Balaban J connectivity index is -0.0000000600. The van der Waals surface area contributed by atoms with E-state index in [4.69, 9.17) is 0 Å². The van der Waals surface area contributed by atoms with Crippen molar-refractivity contribution < 1.29 is 54.1 Å². The molecule has 3 nitrogen and oxygen atoms in total. The molecular weight excluding hydrogens is 206 g/mol. The minimum atomic E-state index is -0.562. The second kappa shape index (κ2) is 8.36. The van der Waals surface area contributed by atoms with E-state index in [1.807, 2.05) is 0 Å². The number of hydrogen-bond acceptors (Lipinski definition) is 3. The van der Waals surface area contributed by atoms with Gasteiger partial charge in [-0.1, -0.05) is 0 Å². The van der Waals surface area contributed by atoms with Crippen LogP contribution in [0.2, 0.25) is 0 Å². The summed E-state index contributed by atoms with van der Waals surface area (Å²) in [7, 11) is 0. The maximum Gasteiger partial charge on any atom is 1.00 e. The van der Waals surface area contributed by atoms with E-state index in [1.54, 1.807) is 0 Å². The van der Waals surface area contributed by atoms with Gasteiger partial charge in [0.1, 0.15) is 0 Å². The first-order chi connectivity index (χ1) is 3.13. The number of hydrogen-bond donors (Lipinski definition) is 0. The summed E-state index contributed by atoms with van der Waals surface area (Å²) in [4.78, 5) is 19.6. The molecule has 51 valence electrons. The number of carbonyl (C=O) groups is 2. The van der Waals surface area contributed by atoms with E-state index in [0.717, 1.165) is 0 Å². The zero-order valence-electron chi connectivity index (χ0n) is 6.56. The van der Waals surface area contributed by atoms with E-state index >= 15 is 0 Å². The molecule has 0 saturated carbocycles. The maximum atomic E-state index is 9.81. The monoisotopic (exact) mass is 213 g/mol. The van der Waals surface area contributed by atoms with E-state index in [0.29, 0.717) is 0 Å². The van der Waals surface area contributed by atoms with Crippen molar-refractivity contribution in [3.8, 4) is 0 Å². The van der Waals surface area contributed by atoms with E-state index in [-0.39, 0.29) is 39.8 Å². The molecule has 0 aromatic carbocycles. The van der Waals surface area contributed by atoms with Crippen LogP contribution in [0.15, 0.2) is 0 Å². The van der Waals surface area contributed by atoms with Crippen molar-refractivity contribution in [2.75, 3.05) is 0 Å². The molecule has 9 heavy (non-hydrogen) atoms. The molecule has 0 aliphatic carbocycles. The molecule has 0 aromatic rings. The van der Waals surface area contributed by atoms with E-state index in [9.17, 15) is 9.59 Å². The van der Waals surface area contributed by atoms with Gasteiger partial charge in [-0.3, -0.25) is 9.59 Å². The summed E-state index contributed by atoms with van der Waals surface area (Å²) in [5.74, 6) is -1.12. The molecule has 0 amide bonds. The van der Waals surface area contributed by atoms with Crippen molar-refractivity contribution in [2.24, 2.45) is 0 Å². The van der Waals surface area contributed by atoms with Crippen LogP contribution in [-0.2, 0) is 33.8 Å². The molecule has 0 unspecified atom stereocenters. The molecule has 0 saturated heterocycles. The molecule has 0 aliphatic heterocycles. The Morgan fingerprint density at radius 2 is 1.44 bits per heavy atom. The molecular formula is C4H7LiO3Rh. The molecule has 0 N–H and O–H groups in total. The quantitative estimate of drug-likeness (QED) is 0.248. The van der Waals surface area contributed by atoms with Gasteiger partial charge in [-0.15, -0.1) is 0 Å². The summed E-state index contributed by atoms with van der Waals surface area (Å²) in [5.41, 5.74) is 0. The van der Waals surface area contributed by atoms with E-state index in [2.05, 4.69) is 4.74 Å². The van der Waals surface area contributed by atoms with Crippen molar-refractivity contribution in [3.05, 3.63) is 0 Å². The number of rotatable bonds is 0. The van der Waals surface area contributed by atoms with Gasteiger partial charge in [0.2, 0.25) is 0 Å². The predicted octanol–water partition coefficient (Wildman–Crippen LogP) is -2.79. The third kappa shape index (κ3) is 17.8. The fourth-order valence-corrected chi connectivity index (χ4v) is 0.202. The molecule has 0 heterocycles. The van der Waals surface area contributed by atoms with Crippen molar-refractivity contribution in [3.63, 3.8) is 0 Å². The minimum Gasteiger partial charge on any atom is -1.00 e. The van der Waals surface area contributed by atoms with Gasteiger partial charge in [0.15, 0.2) is 0 Å². The molecule has 0 bridgehead atoms. The van der Waals surface area contributed by atoms with Crippen LogP contribution >= 0.6 is 0 Å². The topological polar surface area (TPSA) is 43.4 Å². The fourth-order valence-electron chi connectivity index (χ4n) is 0.202. The zero-order chi connectivity index (χ0) is 5.86. The molecule has 0 aliphatic rings. The van der Waals surface area contributed by atoms with Gasteiger partial charge in [-0.2, -0.15) is 0 Å². The van der Waals surface area contributed by atoms with Crippen LogP contribution in [0.5, 0.6) is 0 Å². The average Bonchev–Trinajstić information content (AvgIpc) is 1.27. The van der Waals surface area contributed by atoms with Crippen LogP contribution in [0.4, 0.5) is 0 Å². The van der Waals surface area contributed by atoms with Crippen LogP contribution in [0.3, 0.4) is 0 Å². The van der Waals surface area contributed by atoms with Crippen molar-refractivity contribution in [1.82, 2.24) is 0 Å². The third-order valence-corrected chi connectivity index (χ3v) is 0.287. The summed E-state index contributed by atoms with van der Waals surface area (Å²) in [5, 5.41) is 0. The van der Waals surface area contributed by atoms with Gasteiger partial charge in [0.05, 0.1) is 0 Å². The zero-order valence-corrected chi connectivity index (χ0v) is 7.20. The number of esters is 2.